The monoisotopic (exact) mass is 634 g/mol. The summed E-state index contributed by atoms with van der Waals surface area (Å²) in [7, 11) is 0. The van der Waals surface area contributed by atoms with Crippen molar-refractivity contribution in [1.82, 2.24) is 0 Å². The van der Waals surface area contributed by atoms with Gasteiger partial charge in [0.2, 0.25) is 0 Å². The molecular weight excluding hydrogens is 596 g/mol. The van der Waals surface area contributed by atoms with Crippen molar-refractivity contribution in [3.63, 3.8) is 0 Å². The van der Waals surface area contributed by atoms with Gasteiger partial charge >= 0.3 is 99.2 Å². The molecule has 0 radical (unpaired) electrons. The van der Waals surface area contributed by atoms with Crippen molar-refractivity contribution in [1.29, 1.82) is 0 Å². The van der Waals surface area contributed by atoms with E-state index in [1.165, 1.54) is 80.1 Å². The molecule has 10 rings (SSSR count). The molecule has 4 saturated carbocycles. The Morgan fingerprint density at radius 2 is 1.26 bits per heavy atom. The molecule has 4 aromatic rings. The second kappa shape index (κ2) is 12.2. The minimum Gasteiger partial charge on any atom is -0.179 e. The van der Waals surface area contributed by atoms with E-state index in [1.54, 1.807) is 19.3 Å². The molecule has 0 N–H and O–H groups in total. The van der Waals surface area contributed by atoms with Gasteiger partial charge in [-0.1, -0.05) is 47.7 Å². The molecule has 212 valence electrons. The Balaban J connectivity index is 0.000000105. The number of allylic oxidation sites excluding steroid dienone is 4. The Kier molecular flexibility index (Phi) is 8.22. The smallest absolute Gasteiger partial charge is 0.0253 e. The molecule has 6 aliphatic rings. The van der Waals surface area contributed by atoms with E-state index in [9.17, 15) is 0 Å². The van der Waals surface area contributed by atoms with Gasteiger partial charge in [0.05, 0.1) is 0 Å². The van der Waals surface area contributed by atoms with Crippen molar-refractivity contribution in [3.05, 3.63) is 156 Å². The van der Waals surface area contributed by atoms with E-state index >= 15 is 0 Å². The van der Waals surface area contributed by atoms with Crippen molar-refractivity contribution in [3.8, 4) is 11.1 Å². The summed E-state index contributed by atoms with van der Waals surface area (Å²) in [5.74, 6) is 3.18. The van der Waals surface area contributed by atoms with Gasteiger partial charge in [-0.2, -0.15) is 35.9 Å². The summed E-state index contributed by atoms with van der Waals surface area (Å²) >= 11 is 1.46. The molecule has 0 aliphatic heterocycles. The maximum atomic E-state index is 3.33. The molecule has 1 heteroatoms. The van der Waals surface area contributed by atoms with Gasteiger partial charge in [0, 0.05) is 0 Å². The molecule has 4 bridgehead atoms. The molecular formula is C42H40Zr. The normalized spacial score (nSPS) is 28.3. The summed E-state index contributed by atoms with van der Waals surface area (Å²) in [5, 5.41) is 0. The van der Waals surface area contributed by atoms with Crippen LogP contribution in [0.3, 0.4) is 0 Å². The van der Waals surface area contributed by atoms with Crippen LogP contribution in [-0.2, 0) is 30.7 Å². The Bertz CT molecular complexity index is 1510. The Labute approximate surface area is 273 Å². The fourth-order valence-corrected chi connectivity index (χ4v) is 9.78. The summed E-state index contributed by atoms with van der Waals surface area (Å²) in [6, 6.07) is 39.2. The van der Waals surface area contributed by atoms with Crippen LogP contribution in [0, 0.1) is 40.7 Å². The first-order valence-electron chi connectivity index (χ1n) is 16.1. The van der Waals surface area contributed by atoms with E-state index < -0.39 is 0 Å². The number of fused-ring (bicyclic) bond motifs is 3. The average Bonchev–Trinajstić information content (AvgIpc) is 3.66. The van der Waals surface area contributed by atoms with Gasteiger partial charge in [-0.05, 0) is 68.1 Å². The summed E-state index contributed by atoms with van der Waals surface area (Å²) in [6.07, 6.45) is 20.5. The van der Waals surface area contributed by atoms with Crippen LogP contribution in [0.15, 0.2) is 121 Å². The van der Waals surface area contributed by atoms with Crippen molar-refractivity contribution in [2.45, 2.75) is 51.9 Å². The maximum Gasteiger partial charge on any atom is -0.0253 e. The number of hydrogen-bond donors (Lipinski definition) is 0. The molecule has 1 atom stereocenters. The molecule has 0 spiro atoms. The third-order valence-corrected chi connectivity index (χ3v) is 12.3. The average molecular weight is 636 g/mol. The van der Waals surface area contributed by atoms with Gasteiger partial charge in [-0.15, -0.1) is 5.56 Å². The predicted molar refractivity (Wildman–Crippen MR) is 175 cm³/mol. The first-order valence-corrected chi connectivity index (χ1v) is 17.3. The van der Waals surface area contributed by atoms with Crippen molar-refractivity contribution < 1.29 is 24.2 Å². The van der Waals surface area contributed by atoms with Gasteiger partial charge in [0.25, 0.3) is 0 Å². The molecule has 0 amide bonds. The van der Waals surface area contributed by atoms with E-state index in [1.807, 2.05) is 6.07 Å². The fourth-order valence-electron chi connectivity index (χ4n) is 8.96. The minimum atomic E-state index is 0.336. The van der Waals surface area contributed by atoms with Gasteiger partial charge in [0.1, 0.15) is 0 Å². The van der Waals surface area contributed by atoms with Crippen LogP contribution in [0.2, 0.25) is 0 Å². The van der Waals surface area contributed by atoms with Crippen LogP contribution >= 0.6 is 0 Å². The fraction of sp³-hybridized carbons (Fsp3) is 0.310. The zero-order valence-electron chi connectivity index (χ0n) is 25.2. The van der Waals surface area contributed by atoms with Gasteiger partial charge in [-0.25, -0.2) is 12.2 Å². The van der Waals surface area contributed by atoms with Crippen molar-refractivity contribution in [2.24, 2.45) is 28.6 Å². The molecule has 0 heterocycles. The minimum absolute atomic E-state index is 0.336. The van der Waals surface area contributed by atoms with Crippen molar-refractivity contribution >= 4 is 3.21 Å². The van der Waals surface area contributed by atoms with Crippen LogP contribution in [0.5, 0.6) is 0 Å². The molecule has 4 aromatic carbocycles. The number of rotatable bonds is 3. The summed E-state index contributed by atoms with van der Waals surface area (Å²) < 4.78 is 1.42. The Morgan fingerprint density at radius 1 is 0.698 bits per heavy atom. The van der Waals surface area contributed by atoms with Crippen LogP contribution in [0.4, 0.5) is 0 Å². The van der Waals surface area contributed by atoms with Gasteiger partial charge in [-0.3, -0.25) is 6.08 Å². The number of benzene rings is 4. The van der Waals surface area contributed by atoms with E-state index in [0.717, 1.165) is 24.2 Å². The quantitative estimate of drug-likeness (QED) is 0.173. The van der Waals surface area contributed by atoms with Crippen molar-refractivity contribution in [2.75, 3.05) is 0 Å². The maximum absolute atomic E-state index is 3.33. The zero-order valence-corrected chi connectivity index (χ0v) is 27.7. The summed E-state index contributed by atoms with van der Waals surface area (Å²) in [4.78, 5) is 0. The van der Waals surface area contributed by atoms with E-state index in [0.29, 0.717) is 10.8 Å². The molecule has 6 aliphatic carbocycles. The van der Waals surface area contributed by atoms with E-state index in [-0.39, 0.29) is 0 Å². The SMILES string of the molecule is CC1(C23CC4CC(CC(C4)C2)C3)C=[C-]C=C1.[Zr+2]=[C](c1ccccc1)c1ccccc1.[c-]1cccc2c1Cc1ccccc1-2. The second-order valence-corrected chi connectivity index (χ2v) is 14.9. The van der Waals surface area contributed by atoms with Gasteiger partial charge in [0.15, 0.2) is 0 Å². The third-order valence-electron chi connectivity index (χ3n) is 10.8. The summed E-state index contributed by atoms with van der Waals surface area (Å²) in [6.45, 7) is 2.46. The molecule has 4 fully saturated rings. The van der Waals surface area contributed by atoms with Crippen LogP contribution in [0.1, 0.15) is 67.7 Å². The molecule has 1 unspecified atom stereocenters. The standard InChI is InChI=1S/C16H21.C13H9.C13H10.Zr/c1-15(4-2-3-5-15)16-9-12-6-13(10-16)8-14(7-12)11-16;1-3-7-12-10(5-1)9-11-6-2-4-8-13(11)12;1-3-7-12(8-4-1)11-13-9-5-2-6-10-13;/h2,4-5,12-14H,6-11H2,1H3;1-5,7-8H,9H2;1-10H;/q2*-1;;+2. The van der Waals surface area contributed by atoms with E-state index in [4.69, 9.17) is 0 Å². The van der Waals surface area contributed by atoms with Crippen LogP contribution in [0.25, 0.3) is 11.1 Å². The predicted octanol–water partition coefficient (Wildman–Crippen LogP) is 10.00. The first kappa shape index (κ1) is 28.9. The number of hydrogen-bond acceptors (Lipinski definition) is 0. The largest absolute Gasteiger partial charge is 0.179 e. The zero-order chi connectivity index (χ0) is 29.3. The topological polar surface area (TPSA) is 0 Å². The van der Waals surface area contributed by atoms with Crippen LogP contribution in [-0.4, -0.2) is 3.21 Å². The third kappa shape index (κ3) is 5.83. The first-order chi connectivity index (χ1) is 21.0. The van der Waals surface area contributed by atoms with Gasteiger partial charge < -0.3 is 0 Å². The molecule has 0 saturated heterocycles. The molecule has 43 heavy (non-hydrogen) atoms. The van der Waals surface area contributed by atoms with E-state index in [2.05, 4.69) is 134 Å². The van der Waals surface area contributed by atoms with Crippen LogP contribution < -0.4 is 0 Å². The molecule has 0 nitrogen and oxygen atoms in total. The second-order valence-electron chi connectivity index (χ2n) is 13.6. The summed E-state index contributed by atoms with van der Waals surface area (Å²) in [5.41, 5.74) is 9.12. The Hall–Kier alpha value is -2.89. The Morgan fingerprint density at radius 3 is 1.84 bits per heavy atom. The molecule has 0 aromatic heterocycles.